The number of morpholine rings is 1. The Bertz CT molecular complexity index is 652. The lowest BCUT2D eigenvalue weighted by Crippen LogP contribution is -2.53. The molecule has 1 N–H and O–H groups in total. The molecule has 0 bridgehead atoms. The Morgan fingerprint density at radius 3 is 2.37 bits per heavy atom. The van der Waals surface area contributed by atoms with Crippen molar-refractivity contribution in [3.05, 3.63) is 35.6 Å². The zero-order valence-corrected chi connectivity index (χ0v) is 16.1. The summed E-state index contributed by atoms with van der Waals surface area (Å²) in [6.45, 7) is 6.29. The van der Waals surface area contributed by atoms with Gasteiger partial charge in [-0.3, -0.25) is 9.59 Å². The van der Waals surface area contributed by atoms with Crippen LogP contribution in [0.4, 0.5) is 4.39 Å². The van der Waals surface area contributed by atoms with Gasteiger partial charge in [-0.25, -0.2) is 4.39 Å². The van der Waals surface area contributed by atoms with Crippen LogP contribution in [-0.4, -0.2) is 49.1 Å². The Labute approximate surface area is 160 Å². The smallest absolute Gasteiger partial charge is 0.245 e. The molecule has 1 heterocycles. The number of nitrogens with zero attached hydrogens (tertiary/aromatic N) is 1. The fraction of sp³-hybridized carbons (Fsp3) is 0.619. The van der Waals surface area contributed by atoms with Gasteiger partial charge in [0.05, 0.1) is 19.1 Å². The molecule has 0 spiro atoms. The standard InChI is InChI=1S/C21H29FN2O3/c1-14(2)13-18(21(26)24-9-11-27-12-10-24)23-20(25)19(15-3-4-15)16-5-7-17(22)8-6-16/h5-8,14-15,18-19H,3-4,9-13H2,1-2H3,(H,23,25)/t18-,19?/m0/s1. The van der Waals surface area contributed by atoms with Gasteiger partial charge in [0, 0.05) is 13.1 Å². The van der Waals surface area contributed by atoms with Gasteiger partial charge < -0.3 is 15.0 Å². The molecule has 1 unspecified atom stereocenters. The summed E-state index contributed by atoms with van der Waals surface area (Å²) >= 11 is 0. The molecular weight excluding hydrogens is 347 g/mol. The number of carbonyl (C=O) groups is 2. The van der Waals surface area contributed by atoms with Gasteiger partial charge >= 0.3 is 0 Å². The predicted molar refractivity (Wildman–Crippen MR) is 101 cm³/mol. The highest BCUT2D eigenvalue weighted by Gasteiger charge is 2.39. The van der Waals surface area contributed by atoms with E-state index in [0.717, 1.165) is 18.4 Å². The summed E-state index contributed by atoms with van der Waals surface area (Å²) in [6.07, 6.45) is 2.58. The lowest BCUT2D eigenvalue weighted by atomic mass is 9.92. The first-order valence-corrected chi connectivity index (χ1v) is 9.88. The molecule has 148 valence electrons. The van der Waals surface area contributed by atoms with E-state index in [1.165, 1.54) is 12.1 Å². The summed E-state index contributed by atoms with van der Waals surface area (Å²) in [5.41, 5.74) is 0.818. The Balaban J connectivity index is 1.73. The third-order valence-corrected chi connectivity index (χ3v) is 5.25. The van der Waals surface area contributed by atoms with E-state index in [1.807, 2.05) is 13.8 Å². The zero-order valence-electron chi connectivity index (χ0n) is 16.1. The van der Waals surface area contributed by atoms with Gasteiger partial charge in [0.1, 0.15) is 11.9 Å². The molecule has 1 aliphatic heterocycles. The Hall–Kier alpha value is -1.95. The van der Waals surface area contributed by atoms with E-state index >= 15 is 0 Å². The quantitative estimate of drug-likeness (QED) is 0.796. The van der Waals surface area contributed by atoms with Crippen LogP contribution < -0.4 is 5.32 Å². The average molecular weight is 376 g/mol. The molecule has 1 saturated heterocycles. The highest BCUT2D eigenvalue weighted by molar-refractivity contribution is 5.91. The van der Waals surface area contributed by atoms with Crippen molar-refractivity contribution in [3.63, 3.8) is 0 Å². The van der Waals surface area contributed by atoms with Crippen LogP contribution >= 0.6 is 0 Å². The number of hydrogen-bond donors (Lipinski definition) is 1. The molecule has 2 aliphatic rings. The van der Waals surface area contributed by atoms with E-state index in [-0.39, 0.29) is 35.4 Å². The minimum absolute atomic E-state index is 0.0333. The molecule has 27 heavy (non-hydrogen) atoms. The molecule has 5 nitrogen and oxygen atoms in total. The number of nitrogens with one attached hydrogen (secondary N) is 1. The van der Waals surface area contributed by atoms with Gasteiger partial charge in [-0.15, -0.1) is 0 Å². The van der Waals surface area contributed by atoms with E-state index in [1.54, 1.807) is 17.0 Å². The second-order valence-corrected chi connectivity index (χ2v) is 8.00. The molecule has 1 aliphatic carbocycles. The minimum atomic E-state index is -0.530. The summed E-state index contributed by atoms with van der Waals surface area (Å²) in [7, 11) is 0. The third kappa shape index (κ3) is 5.28. The van der Waals surface area contributed by atoms with Gasteiger partial charge in [0.2, 0.25) is 11.8 Å². The maximum absolute atomic E-state index is 13.3. The normalized spacial score (nSPS) is 19.6. The number of halogens is 1. The number of benzene rings is 1. The van der Waals surface area contributed by atoms with Crippen LogP contribution in [0.3, 0.4) is 0 Å². The molecule has 2 atom stereocenters. The first-order chi connectivity index (χ1) is 13.0. The van der Waals surface area contributed by atoms with Crippen molar-refractivity contribution in [1.29, 1.82) is 0 Å². The van der Waals surface area contributed by atoms with Crippen LogP contribution in [0.15, 0.2) is 24.3 Å². The van der Waals surface area contributed by atoms with Gasteiger partial charge in [0.15, 0.2) is 0 Å². The fourth-order valence-corrected chi connectivity index (χ4v) is 3.70. The molecule has 1 saturated carbocycles. The van der Waals surface area contributed by atoms with Crippen LogP contribution in [0.5, 0.6) is 0 Å². The fourth-order valence-electron chi connectivity index (χ4n) is 3.70. The summed E-state index contributed by atoms with van der Waals surface area (Å²) in [4.78, 5) is 27.8. The topological polar surface area (TPSA) is 58.6 Å². The van der Waals surface area contributed by atoms with Gasteiger partial charge in [-0.1, -0.05) is 26.0 Å². The molecule has 3 rings (SSSR count). The lowest BCUT2D eigenvalue weighted by molar-refractivity contribution is -0.140. The SMILES string of the molecule is CC(C)C[C@H](NC(=O)C(c1ccc(F)cc1)C1CC1)C(=O)N1CCOCC1. The van der Waals surface area contributed by atoms with Crippen molar-refractivity contribution >= 4 is 11.8 Å². The molecule has 1 aromatic carbocycles. The Kier molecular flexibility index (Phi) is 6.47. The highest BCUT2D eigenvalue weighted by atomic mass is 19.1. The number of hydrogen-bond acceptors (Lipinski definition) is 3. The van der Waals surface area contributed by atoms with Crippen LogP contribution in [0.2, 0.25) is 0 Å². The molecule has 1 aromatic rings. The Morgan fingerprint density at radius 2 is 1.81 bits per heavy atom. The lowest BCUT2D eigenvalue weighted by Gasteiger charge is -2.32. The molecule has 2 fully saturated rings. The van der Waals surface area contributed by atoms with E-state index in [4.69, 9.17) is 4.74 Å². The van der Waals surface area contributed by atoms with Crippen LogP contribution in [0.1, 0.15) is 44.6 Å². The number of carbonyl (C=O) groups excluding carboxylic acids is 2. The monoisotopic (exact) mass is 376 g/mol. The van der Waals surface area contributed by atoms with Crippen molar-refractivity contribution in [2.75, 3.05) is 26.3 Å². The van der Waals surface area contributed by atoms with Crippen molar-refractivity contribution in [1.82, 2.24) is 10.2 Å². The van der Waals surface area contributed by atoms with Gasteiger partial charge in [-0.05, 0) is 48.8 Å². The molecule has 2 amide bonds. The number of rotatable bonds is 7. The van der Waals surface area contributed by atoms with Crippen LogP contribution in [-0.2, 0) is 14.3 Å². The summed E-state index contributed by atoms with van der Waals surface area (Å²) in [5, 5.41) is 3.02. The largest absolute Gasteiger partial charge is 0.378 e. The summed E-state index contributed by atoms with van der Waals surface area (Å²) < 4.78 is 18.6. The van der Waals surface area contributed by atoms with Crippen LogP contribution in [0.25, 0.3) is 0 Å². The van der Waals surface area contributed by atoms with Crippen molar-refractivity contribution in [2.45, 2.75) is 45.1 Å². The average Bonchev–Trinajstić information content (AvgIpc) is 3.48. The molecular formula is C21H29FN2O3. The van der Waals surface area contributed by atoms with E-state index < -0.39 is 6.04 Å². The first kappa shape index (κ1) is 19.8. The molecule has 0 aromatic heterocycles. The zero-order chi connectivity index (χ0) is 19.4. The van der Waals surface area contributed by atoms with Crippen molar-refractivity contribution < 1.29 is 18.7 Å². The summed E-state index contributed by atoms with van der Waals surface area (Å²) in [5.74, 6) is -0.240. The highest BCUT2D eigenvalue weighted by Crippen LogP contribution is 2.42. The first-order valence-electron chi connectivity index (χ1n) is 9.88. The minimum Gasteiger partial charge on any atom is -0.378 e. The number of ether oxygens (including phenoxy) is 1. The predicted octanol–water partition coefficient (Wildman–Crippen LogP) is 2.71. The number of amides is 2. The maximum Gasteiger partial charge on any atom is 0.245 e. The summed E-state index contributed by atoms with van der Waals surface area (Å²) in [6, 6.07) is 5.61. The second kappa shape index (κ2) is 8.83. The molecule has 0 radical (unpaired) electrons. The Morgan fingerprint density at radius 1 is 1.19 bits per heavy atom. The van der Waals surface area contributed by atoms with Gasteiger partial charge in [-0.2, -0.15) is 0 Å². The third-order valence-electron chi connectivity index (χ3n) is 5.25. The van der Waals surface area contributed by atoms with Crippen LogP contribution in [0, 0.1) is 17.7 Å². The second-order valence-electron chi connectivity index (χ2n) is 8.00. The van der Waals surface area contributed by atoms with E-state index in [0.29, 0.717) is 32.7 Å². The van der Waals surface area contributed by atoms with E-state index in [9.17, 15) is 14.0 Å². The van der Waals surface area contributed by atoms with Crippen molar-refractivity contribution in [2.24, 2.45) is 11.8 Å². The van der Waals surface area contributed by atoms with Gasteiger partial charge in [0.25, 0.3) is 0 Å². The van der Waals surface area contributed by atoms with E-state index in [2.05, 4.69) is 5.32 Å². The van der Waals surface area contributed by atoms with Crippen molar-refractivity contribution in [3.8, 4) is 0 Å². The maximum atomic E-state index is 13.3. The molecule has 6 heteroatoms.